The molecule has 9 nitrogen and oxygen atoms in total. The lowest BCUT2D eigenvalue weighted by atomic mass is 9.97. The van der Waals surface area contributed by atoms with Crippen molar-refractivity contribution in [3.8, 4) is 17.1 Å². The number of imidazole rings is 1. The monoisotopic (exact) mass is 506 g/mol. The molecule has 1 atom stereocenters. The van der Waals surface area contributed by atoms with E-state index in [1.54, 1.807) is 16.8 Å². The van der Waals surface area contributed by atoms with Crippen molar-refractivity contribution >= 4 is 17.2 Å². The molecule has 4 aromatic rings. The van der Waals surface area contributed by atoms with Crippen LogP contribution < -0.4 is 4.74 Å². The van der Waals surface area contributed by atoms with Gasteiger partial charge in [-0.3, -0.25) is 14.3 Å². The zero-order valence-corrected chi connectivity index (χ0v) is 21.6. The van der Waals surface area contributed by atoms with E-state index in [0.717, 1.165) is 35.7 Å². The van der Waals surface area contributed by atoms with E-state index in [1.165, 1.54) is 25.9 Å². The van der Waals surface area contributed by atoms with Crippen LogP contribution in [0.4, 0.5) is 0 Å². The molecular weight excluding hydrogens is 476 g/mol. The van der Waals surface area contributed by atoms with Gasteiger partial charge in [0.05, 0.1) is 23.6 Å². The summed E-state index contributed by atoms with van der Waals surface area (Å²) in [6.45, 7) is 8.49. The molecule has 6 rings (SSSR count). The predicted octanol–water partition coefficient (Wildman–Crippen LogP) is 4.04. The number of rotatable bonds is 6. The number of fused-ring (bicyclic) bond motifs is 1. The smallest absolute Gasteiger partial charge is 0.201 e. The van der Waals surface area contributed by atoms with E-state index in [9.17, 15) is 0 Å². The van der Waals surface area contributed by atoms with Gasteiger partial charge in [-0.15, -0.1) is 5.10 Å². The van der Waals surface area contributed by atoms with Crippen LogP contribution in [-0.2, 0) is 0 Å². The number of nitrogens with zero attached hydrogens (tertiary/aromatic N) is 8. The average Bonchev–Trinajstić information content (AvgIpc) is 3.42. The molecule has 10 heteroatoms. The van der Waals surface area contributed by atoms with E-state index in [0.29, 0.717) is 28.8 Å². The molecule has 2 fully saturated rings. The zero-order valence-electron chi connectivity index (χ0n) is 20.9. The number of hydrogen-bond acceptors (Lipinski definition) is 7. The minimum Gasteiger partial charge on any atom is -0.469 e. The lowest BCUT2D eigenvalue weighted by molar-refractivity contribution is 0.0230. The van der Waals surface area contributed by atoms with Crippen LogP contribution in [0.2, 0.25) is 5.15 Å². The summed E-state index contributed by atoms with van der Waals surface area (Å²) in [6.07, 6.45) is 5.63. The number of hydrogen-bond donors (Lipinski definition) is 0. The molecule has 2 aliphatic heterocycles. The summed E-state index contributed by atoms with van der Waals surface area (Å²) in [6, 6.07) is 10.8. The topological polar surface area (TPSA) is 76.6 Å². The van der Waals surface area contributed by atoms with E-state index >= 15 is 0 Å². The Labute approximate surface area is 215 Å². The number of pyridine rings is 2. The Morgan fingerprint density at radius 2 is 1.89 bits per heavy atom. The Bertz CT molecular complexity index is 1360. The highest BCUT2D eigenvalue weighted by molar-refractivity contribution is 6.29. The van der Waals surface area contributed by atoms with Gasteiger partial charge in [0.15, 0.2) is 0 Å². The molecule has 0 aliphatic carbocycles. The first-order chi connectivity index (χ1) is 17.5. The molecule has 0 saturated carbocycles. The molecule has 36 heavy (non-hydrogen) atoms. The van der Waals surface area contributed by atoms with E-state index < -0.39 is 0 Å². The van der Waals surface area contributed by atoms with Crippen molar-refractivity contribution < 1.29 is 4.74 Å². The Hall–Kier alpha value is -3.01. The van der Waals surface area contributed by atoms with Crippen LogP contribution >= 0.6 is 11.6 Å². The Balaban J connectivity index is 1.25. The largest absolute Gasteiger partial charge is 0.469 e. The molecule has 4 aromatic heterocycles. The van der Waals surface area contributed by atoms with Crippen molar-refractivity contribution in [2.75, 3.05) is 33.2 Å². The molecule has 2 saturated heterocycles. The highest BCUT2D eigenvalue weighted by Gasteiger charge is 2.36. The maximum atomic E-state index is 6.46. The van der Waals surface area contributed by atoms with Crippen molar-refractivity contribution in [3.05, 3.63) is 59.3 Å². The highest BCUT2D eigenvalue weighted by atomic mass is 35.5. The van der Waals surface area contributed by atoms with E-state index in [-0.39, 0.29) is 6.10 Å². The first kappa shape index (κ1) is 23.4. The van der Waals surface area contributed by atoms with Crippen LogP contribution in [0.25, 0.3) is 16.9 Å². The molecule has 1 unspecified atom stereocenters. The normalized spacial score (nSPS) is 19.0. The van der Waals surface area contributed by atoms with E-state index in [4.69, 9.17) is 16.3 Å². The van der Waals surface area contributed by atoms with Crippen LogP contribution in [0.3, 0.4) is 0 Å². The van der Waals surface area contributed by atoms with Gasteiger partial charge in [0.2, 0.25) is 5.88 Å². The number of ether oxygens (including phenoxy) is 1. The van der Waals surface area contributed by atoms with E-state index in [2.05, 4.69) is 48.7 Å². The molecular formula is C26H31ClN8O. The van der Waals surface area contributed by atoms with Crippen LogP contribution in [-0.4, -0.2) is 78.4 Å². The lowest BCUT2D eigenvalue weighted by Crippen LogP contribution is -2.55. The average molecular weight is 507 g/mol. The summed E-state index contributed by atoms with van der Waals surface area (Å²) in [4.78, 5) is 13.9. The van der Waals surface area contributed by atoms with Crippen molar-refractivity contribution in [2.45, 2.75) is 44.9 Å². The summed E-state index contributed by atoms with van der Waals surface area (Å²) in [5.74, 6) is 0.592. The molecule has 0 amide bonds. The fourth-order valence-electron chi connectivity index (χ4n) is 5.38. The maximum absolute atomic E-state index is 6.46. The number of likely N-dealkylation sites (tertiary alicyclic amines) is 2. The molecule has 0 aromatic carbocycles. The van der Waals surface area contributed by atoms with Crippen LogP contribution in [0.1, 0.15) is 43.3 Å². The fraction of sp³-hybridized carbons (Fsp3) is 0.462. The molecule has 188 valence electrons. The van der Waals surface area contributed by atoms with Gasteiger partial charge in [0.25, 0.3) is 0 Å². The Morgan fingerprint density at radius 3 is 2.64 bits per heavy atom. The van der Waals surface area contributed by atoms with Gasteiger partial charge in [-0.1, -0.05) is 22.9 Å². The molecule has 0 radical (unpaired) electrons. The first-order valence-electron chi connectivity index (χ1n) is 12.6. The second-order valence-corrected chi connectivity index (χ2v) is 10.4. The predicted molar refractivity (Wildman–Crippen MR) is 138 cm³/mol. The third-order valence-corrected chi connectivity index (χ3v) is 7.84. The number of aromatic nitrogens is 6. The zero-order chi connectivity index (χ0) is 24.8. The van der Waals surface area contributed by atoms with Crippen molar-refractivity contribution in [2.24, 2.45) is 0 Å². The third kappa shape index (κ3) is 4.25. The lowest BCUT2D eigenvalue weighted by Gasteiger charge is -2.46. The molecule has 0 N–H and O–H groups in total. The summed E-state index contributed by atoms with van der Waals surface area (Å²) in [5, 5.41) is 9.62. The van der Waals surface area contributed by atoms with Crippen LogP contribution in [0.5, 0.6) is 5.88 Å². The minimum atomic E-state index is -0.263. The van der Waals surface area contributed by atoms with Gasteiger partial charge in [-0.2, -0.15) is 0 Å². The van der Waals surface area contributed by atoms with Crippen LogP contribution in [0.15, 0.2) is 42.7 Å². The molecule has 2 aliphatic rings. The summed E-state index contributed by atoms with van der Waals surface area (Å²) < 4.78 is 10.2. The number of piperidine rings is 1. The minimum absolute atomic E-state index is 0.263. The quantitative estimate of drug-likeness (QED) is 0.390. The maximum Gasteiger partial charge on any atom is 0.201 e. The number of halogens is 1. The molecule has 0 spiro atoms. The Morgan fingerprint density at radius 1 is 1.08 bits per heavy atom. The SMILES string of the molecule is Cc1c(-c2cc(OC(C)c3ccccn3)n3c(Cl)cnc3c2)nnn1C1CN(C2CCN(C)CC2)C1. The van der Waals surface area contributed by atoms with Gasteiger partial charge >= 0.3 is 0 Å². The Kier molecular flexibility index (Phi) is 6.15. The second-order valence-electron chi connectivity index (χ2n) is 9.98. The van der Waals surface area contributed by atoms with Crippen LogP contribution in [0, 0.1) is 6.92 Å². The van der Waals surface area contributed by atoms with Crippen molar-refractivity contribution in [3.63, 3.8) is 0 Å². The van der Waals surface area contributed by atoms with Gasteiger partial charge in [-0.25, -0.2) is 9.67 Å². The van der Waals surface area contributed by atoms with Crippen molar-refractivity contribution in [1.29, 1.82) is 0 Å². The van der Waals surface area contributed by atoms with Gasteiger partial charge in [0.1, 0.15) is 22.6 Å². The third-order valence-electron chi connectivity index (χ3n) is 7.57. The summed E-state index contributed by atoms with van der Waals surface area (Å²) in [7, 11) is 2.21. The fourth-order valence-corrected chi connectivity index (χ4v) is 5.60. The summed E-state index contributed by atoms with van der Waals surface area (Å²) >= 11 is 6.46. The first-order valence-corrected chi connectivity index (χ1v) is 12.9. The van der Waals surface area contributed by atoms with Gasteiger partial charge in [0, 0.05) is 37.0 Å². The standard InChI is InChI=1S/C26H31ClN8O/c1-17-26(30-31-35(17)21-15-33(16-21)20-7-10-32(3)11-8-20)19-12-24-29-14-23(27)34(24)25(13-19)36-18(2)22-6-4-5-9-28-22/h4-6,9,12-14,18,20-21H,7-8,10-11,15-16H2,1-3H3. The summed E-state index contributed by atoms with van der Waals surface area (Å²) in [5.41, 5.74) is 4.34. The highest BCUT2D eigenvalue weighted by Crippen LogP contribution is 2.34. The van der Waals surface area contributed by atoms with Gasteiger partial charge < -0.3 is 9.64 Å². The second kappa shape index (κ2) is 9.46. The molecule has 6 heterocycles. The van der Waals surface area contributed by atoms with Crippen molar-refractivity contribution in [1.82, 2.24) is 39.2 Å². The van der Waals surface area contributed by atoms with E-state index in [1.807, 2.05) is 37.3 Å². The van der Waals surface area contributed by atoms with Gasteiger partial charge in [-0.05, 0) is 65.0 Å². The molecule has 0 bridgehead atoms.